The molecule has 0 radical (unpaired) electrons. The van der Waals surface area contributed by atoms with E-state index >= 15 is 0 Å². The molecule has 0 spiro atoms. The van der Waals surface area contributed by atoms with E-state index in [1.54, 1.807) is 0 Å². The number of hydrogen-bond acceptors (Lipinski definition) is 2. The van der Waals surface area contributed by atoms with Gasteiger partial charge in [-0.15, -0.1) is 0 Å². The van der Waals surface area contributed by atoms with Gasteiger partial charge in [-0.3, -0.25) is 0 Å². The molecule has 0 amide bonds. The Bertz CT molecular complexity index is 1570. The molecule has 0 N–H and O–H groups in total. The zero-order chi connectivity index (χ0) is 24.2. The van der Waals surface area contributed by atoms with E-state index in [2.05, 4.69) is 139 Å². The van der Waals surface area contributed by atoms with E-state index in [1.807, 2.05) is 0 Å². The fourth-order valence-corrected chi connectivity index (χ4v) is 5.99. The van der Waals surface area contributed by atoms with Gasteiger partial charge in [0.15, 0.2) is 5.54 Å². The van der Waals surface area contributed by atoms with Crippen LogP contribution in [0.3, 0.4) is 0 Å². The maximum absolute atomic E-state index is 7.01. The Hall–Kier alpha value is -4.15. The minimum atomic E-state index is -2.01. The van der Waals surface area contributed by atoms with Crippen LogP contribution in [0, 0.1) is 6.92 Å². The third kappa shape index (κ3) is 2.95. The molecule has 0 bridgehead atoms. The van der Waals surface area contributed by atoms with Gasteiger partial charge < -0.3 is 13.8 Å². The predicted molar refractivity (Wildman–Crippen MR) is 146 cm³/mol. The molecule has 1 atom stereocenters. The van der Waals surface area contributed by atoms with Crippen molar-refractivity contribution in [2.75, 3.05) is 6.61 Å². The molecule has 2 aliphatic rings. The van der Waals surface area contributed by atoms with Crippen LogP contribution in [0.1, 0.15) is 22.3 Å². The van der Waals surface area contributed by atoms with Crippen molar-refractivity contribution in [3.05, 3.63) is 144 Å². The highest BCUT2D eigenvalue weighted by molar-refractivity contribution is 6.75. The van der Waals surface area contributed by atoms with Crippen LogP contribution in [0.15, 0.2) is 121 Å². The molecule has 174 valence electrons. The van der Waals surface area contributed by atoms with Crippen molar-refractivity contribution in [3.8, 4) is 5.75 Å². The second-order valence-electron chi connectivity index (χ2n) is 9.84. The van der Waals surface area contributed by atoms with Crippen molar-refractivity contribution in [1.82, 2.24) is 0 Å². The largest absolute Gasteiger partial charge is 0.630 e. The van der Waals surface area contributed by atoms with E-state index in [-0.39, 0.29) is 0 Å². The van der Waals surface area contributed by atoms with E-state index in [9.17, 15) is 0 Å². The quantitative estimate of drug-likeness (QED) is 0.313. The van der Waals surface area contributed by atoms with Gasteiger partial charge in [0.2, 0.25) is 0 Å². The van der Waals surface area contributed by atoms with Crippen LogP contribution in [-0.4, -0.2) is 24.0 Å². The lowest BCUT2D eigenvalue weighted by Gasteiger charge is -2.40. The van der Waals surface area contributed by atoms with Crippen LogP contribution in [0.2, 0.25) is 0 Å². The van der Waals surface area contributed by atoms with Gasteiger partial charge in [0, 0.05) is 11.1 Å². The van der Waals surface area contributed by atoms with Crippen molar-refractivity contribution in [1.29, 1.82) is 0 Å². The summed E-state index contributed by atoms with van der Waals surface area (Å²) in [7, 11) is 0. The molecule has 4 heteroatoms. The van der Waals surface area contributed by atoms with Crippen molar-refractivity contribution in [2.24, 2.45) is 0 Å². The van der Waals surface area contributed by atoms with Gasteiger partial charge in [-0.1, -0.05) is 126 Å². The lowest BCUT2D eigenvalue weighted by molar-refractivity contribution is -0.483. The standard InChI is InChI=1S/C32H26BNO2/c1-24-16-19-28(20-17-24)33-34(22-30-29-15-9-8-10-25(29)18-21-31(30)36-33)32(23-35-33,26-11-4-2-5-12-26)27-13-6-3-7-14-27/h2-22H,23H2,1H3. The summed E-state index contributed by atoms with van der Waals surface area (Å²) in [5.41, 5.74) is 5.12. The Morgan fingerprint density at radius 1 is 0.694 bits per heavy atom. The predicted octanol–water partition coefficient (Wildman–Crippen LogP) is 5.79. The highest BCUT2D eigenvalue weighted by atomic mass is 16.6. The molecule has 5 aromatic carbocycles. The maximum Gasteiger partial charge on any atom is 0.625 e. The summed E-state index contributed by atoms with van der Waals surface area (Å²) >= 11 is 0. The molecule has 5 aromatic rings. The van der Waals surface area contributed by atoms with Crippen LogP contribution in [-0.2, 0) is 10.2 Å². The number of hydrogen-bond donors (Lipinski definition) is 0. The Kier molecular flexibility index (Phi) is 4.67. The smallest absolute Gasteiger partial charge is 0.625 e. The summed E-state index contributed by atoms with van der Waals surface area (Å²) < 4.78 is 16.3. The molecule has 1 unspecified atom stereocenters. The van der Waals surface area contributed by atoms with Gasteiger partial charge in [-0.2, -0.15) is 0 Å². The van der Waals surface area contributed by atoms with Crippen LogP contribution in [0.4, 0.5) is 0 Å². The fourth-order valence-electron chi connectivity index (χ4n) is 5.99. The molecule has 0 aromatic heterocycles. The van der Waals surface area contributed by atoms with E-state index in [1.165, 1.54) is 27.5 Å². The number of fused-ring (bicyclic) bond motifs is 4. The summed E-state index contributed by atoms with van der Waals surface area (Å²) in [6, 6.07) is 42.6. The van der Waals surface area contributed by atoms with E-state index in [4.69, 9.17) is 9.31 Å². The molecule has 2 heterocycles. The Morgan fingerprint density at radius 2 is 1.33 bits per heavy atom. The molecule has 36 heavy (non-hydrogen) atoms. The van der Waals surface area contributed by atoms with E-state index in [0.717, 1.165) is 16.8 Å². The average Bonchev–Trinajstić information content (AvgIpc) is 3.29. The lowest BCUT2D eigenvalue weighted by Crippen LogP contribution is -2.65. The zero-order valence-electron chi connectivity index (χ0n) is 20.2. The molecular weight excluding hydrogens is 441 g/mol. The second-order valence-corrected chi connectivity index (χ2v) is 9.84. The monoisotopic (exact) mass is 467 g/mol. The summed E-state index contributed by atoms with van der Waals surface area (Å²) in [6.45, 7) is 0.570. The first kappa shape index (κ1) is 21.2. The fraction of sp³-hybridized carbons (Fsp3) is 0.0938. The van der Waals surface area contributed by atoms with Gasteiger partial charge in [-0.25, -0.2) is 0 Å². The van der Waals surface area contributed by atoms with E-state index < -0.39 is 12.2 Å². The second kappa shape index (κ2) is 7.94. The molecule has 3 nitrogen and oxygen atoms in total. The first-order valence-corrected chi connectivity index (χ1v) is 12.5. The topological polar surface area (TPSA) is 21.5 Å². The first-order chi connectivity index (χ1) is 17.7. The molecule has 1 fully saturated rings. The highest BCUT2D eigenvalue weighted by Crippen LogP contribution is 2.45. The van der Waals surface area contributed by atoms with Crippen LogP contribution >= 0.6 is 0 Å². The molecule has 1 saturated heterocycles. The van der Waals surface area contributed by atoms with Gasteiger partial charge in [0.05, 0.1) is 17.9 Å². The van der Waals surface area contributed by atoms with Crippen LogP contribution in [0.25, 0.3) is 10.8 Å². The summed E-state index contributed by atoms with van der Waals surface area (Å²) in [5, 5.41) is 2.36. The van der Waals surface area contributed by atoms with Crippen molar-refractivity contribution in [2.45, 2.75) is 12.5 Å². The zero-order valence-corrected chi connectivity index (χ0v) is 20.2. The third-order valence-electron chi connectivity index (χ3n) is 7.81. The van der Waals surface area contributed by atoms with Gasteiger partial charge in [-0.05, 0) is 23.8 Å². The molecule has 2 aliphatic heterocycles. The Balaban J connectivity index is 1.58. The first-order valence-electron chi connectivity index (χ1n) is 12.5. The number of rotatable bonds is 3. The van der Waals surface area contributed by atoms with Gasteiger partial charge in [0.1, 0.15) is 6.21 Å². The van der Waals surface area contributed by atoms with Crippen molar-refractivity contribution >= 4 is 29.1 Å². The SMILES string of the molecule is Cc1ccc([B-]23OCC(c4ccccc4)(c4ccccc4)[N+]2=Cc2c(ccc4ccccc24)O3)cc1. The Morgan fingerprint density at radius 3 is 2.03 bits per heavy atom. The number of benzene rings is 5. The summed E-state index contributed by atoms with van der Waals surface area (Å²) in [5.74, 6) is 0.849. The minimum Gasteiger partial charge on any atom is -0.630 e. The number of aryl methyl sites for hydroxylation is 1. The molecule has 0 saturated carbocycles. The normalized spacial score (nSPS) is 19.8. The van der Waals surface area contributed by atoms with Gasteiger partial charge >= 0.3 is 6.69 Å². The minimum absolute atomic E-state index is 0.470. The third-order valence-corrected chi connectivity index (χ3v) is 7.81. The lowest BCUT2D eigenvalue weighted by atomic mass is 9.60. The highest BCUT2D eigenvalue weighted by Gasteiger charge is 2.64. The van der Waals surface area contributed by atoms with Crippen molar-refractivity contribution in [3.63, 3.8) is 0 Å². The number of nitrogens with zero attached hydrogens (tertiary/aromatic N) is 1. The maximum atomic E-state index is 7.01. The van der Waals surface area contributed by atoms with Crippen LogP contribution in [0.5, 0.6) is 5.75 Å². The van der Waals surface area contributed by atoms with Crippen LogP contribution < -0.4 is 10.1 Å². The summed E-state index contributed by atoms with van der Waals surface area (Å²) in [4.78, 5) is 0. The summed E-state index contributed by atoms with van der Waals surface area (Å²) in [6.07, 6.45) is 2.29. The molecule has 0 aliphatic carbocycles. The molecular formula is C32H26BNO2. The average molecular weight is 467 g/mol. The van der Waals surface area contributed by atoms with E-state index in [0.29, 0.717) is 6.61 Å². The van der Waals surface area contributed by atoms with Crippen molar-refractivity contribution < 1.29 is 13.8 Å². The molecule has 7 rings (SSSR count). The van der Waals surface area contributed by atoms with Gasteiger partial charge in [0.25, 0.3) is 0 Å². The Labute approximate surface area is 211 Å².